The molecule has 0 heterocycles. The summed E-state index contributed by atoms with van der Waals surface area (Å²) in [5, 5.41) is 2.86. The smallest absolute Gasteiger partial charge is 0.490 e. The third-order valence-corrected chi connectivity index (χ3v) is 37.7. The Morgan fingerprint density at radius 3 is 1.45 bits per heavy atom. The third kappa shape index (κ3) is 20.4. The molecular weight excluding hydrogens is 1440 g/mol. The van der Waals surface area contributed by atoms with E-state index in [9.17, 15) is 14.4 Å². The molecule has 0 aliphatic heterocycles. The highest BCUT2D eigenvalue weighted by atomic mass is 16.7. The number of allylic oxidation sites excluding steroid dienone is 6. The third-order valence-electron chi connectivity index (χ3n) is 37.7. The van der Waals surface area contributed by atoms with Crippen molar-refractivity contribution in [3.63, 3.8) is 0 Å². The van der Waals surface area contributed by atoms with Gasteiger partial charge < -0.3 is 28.4 Å². The minimum absolute atomic E-state index is 0.0254. The van der Waals surface area contributed by atoms with Gasteiger partial charge in [-0.15, -0.1) is 0 Å². The fraction of sp³-hybridized carbons (Fsp3) is 0.841. The number of amides is 1. The molecule has 662 valence electrons. The maximum Gasteiger partial charge on any atom is 0.508 e. The second-order valence-corrected chi connectivity index (χ2v) is 44.7. The van der Waals surface area contributed by atoms with Gasteiger partial charge in [0.15, 0.2) is 0 Å². The van der Waals surface area contributed by atoms with Crippen molar-refractivity contribution in [2.24, 2.45) is 163 Å². The van der Waals surface area contributed by atoms with Crippen LogP contribution in [-0.2, 0) is 23.7 Å². The zero-order chi connectivity index (χ0) is 84.9. The van der Waals surface area contributed by atoms with Gasteiger partial charge in [-0.1, -0.05) is 212 Å². The number of benzene rings is 1. The molecular formula is C107H175NO9. The van der Waals surface area contributed by atoms with Crippen molar-refractivity contribution >= 4 is 24.1 Å². The maximum atomic E-state index is 12.3. The molecule has 10 saturated carbocycles. The lowest BCUT2D eigenvalue weighted by atomic mass is 9.44. The first-order valence-corrected chi connectivity index (χ1v) is 49.7. The van der Waals surface area contributed by atoms with Crippen LogP contribution < -0.4 is 10.1 Å². The van der Waals surface area contributed by atoms with Crippen molar-refractivity contribution in [2.75, 3.05) is 5.32 Å². The summed E-state index contributed by atoms with van der Waals surface area (Å²) in [6.07, 6.45) is 53.7. The molecule has 1 amide bonds. The fourth-order valence-electron chi connectivity index (χ4n) is 29.3. The van der Waals surface area contributed by atoms with Gasteiger partial charge in [-0.25, -0.2) is 14.4 Å². The quantitative estimate of drug-likeness (QED) is 0.0549. The molecule has 0 bridgehead atoms. The number of fused-ring (bicyclic) bond motifs is 15. The lowest BCUT2D eigenvalue weighted by Crippen LogP contribution is -2.54. The van der Waals surface area contributed by atoms with Crippen molar-refractivity contribution < 1.29 is 42.8 Å². The van der Waals surface area contributed by atoms with Crippen LogP contribution in [0.4, 0.5) is 20.1 Å². The van der Waals surface area contributed by atoms with Gasteiger partial charge in [0.2, 0.25) is 0 Å². The molecule has 1 N–H and O–H groups in total. The Labute approximate surface area is 716 Å². The van der Waals surface area contributed by atoms with Crippen LogP contribution in [-0.4, -0.2) is 55.0 Å². The van der Waals surface area contributed by atoms with E-state index in [1.807, 2.05) is 65.8 Å². The molecule has 12 aliphatic carbocycles. The number of rotatable bonds is 26. The van der Waals surface area contributed by atoms with Crippen LogP contribution in [0.1, 0.15) is 372 Å². The molecule has 13 rings (SSSR count). The molecule has 0 saturated heterocycles. The van der Waals surface area contributed by atoms with Crippen LogP contribution in [0.2, 0.25) is 0 Å². The van der Waals surface area contributed by atoms with Gasteiger partial charge in [0.05, 0.1) is 0 Å². The van der Waals surface area contributed by atoms with Crippen LogP contribution in [0.3, 0.4) is 0 Å². The lowest BCUT2D eigenvalue weighted by Gasteiger charge is -2.61. The number of hydrogen-bond acceptors (Lipinski definition) is 9. The van der Waals surface area contributed by atoms with Gasteiger partial charge in [-0.2, -0.15) is 0 Å². The fourth-order valence-corrected chi connectivity index (χ4v) is 29.3. The first kappa shape index (κ1) is 93.5. The van der Waals surface area contributed by atoms with Crippen LogP contribution >= 0.6 is 0 Å². The standard InChI is InChI=1S/C39H59NO3.C34H60O3.C34H56O3/c1-9-28(6)42-37(41)40-30-11-10-12-31(24-30)43-32-19-21-38(7)29(23-32)15-16-33-35-18-17-34(39(35,8)22-20-36(33)38)27(5)14-13-26(4)25(2)3;2*1-9-24(6)36-32(35)37-27-17-19-33(7)26(21-27)13-14-28-30-16-15-29(34(30,8)20-18-31(28)33)23(5)11-12-25(10-2)22(3)4/h10-15,24-28,32-36H,9,16-23H2,1-8H3,(H,40,41);22-31H,9-21H2,1-8H3;11-13,22-25,27-31H,9-10,14-21H2,1-8H3. The van der Waals surface area contributed by atoms with E-state index in [1.54, 1.807) is 11.1 Å². The maximum absolute atomic E-state index is 12.3. The van der Waals surface area contributed by atoms with E-state index < -0.39 is 18.4 Å². The molecule has 12 aliphatic rings. The summed E-state index contributed by atoms with van der Waals surface area (Å²) in [6, 6.07) is 7.76. The normalized spacial score (nSPS) is 38.9. The van der Waals surface area contributed by atoms with Gasteiger partial charge in [-0.3, -0.25) is 5.32 Å². The van der Waals surface area contributed by atoms with Crippen molar-refractivity contribution in [3.8, 4) is 5.75 Å². The van der Waals surface area contributed by atoms with Crippen molar-refractivity contribution in [2.45, 2.75) is 408 Å². The minimum Gasteiger partial charge on any atom is -0.490 e. The molecule has 31 unspecified atom stereocenters. The number of anilines is 1. The van der Waals surface area contributed by atoms with E-state index in [4.69, 9.17) is 28.4 Å². The van der Waals surface area contributed by atoms with Crippen molar-refractivity contribution in [3.05, 3.63) is 71.9 Å². The van der Waals surface area contributed by atoms with Crippen molar-refractivity contribution in [1.29, 1.82) is 0 Å². The average Bonchev–Trinajstić information content (AvgIpc) is 1.69. The van der Waals surface area contributed by atoms with Gasteiger partial charge in [0, 0.05) is 24.6 Å². The molecule has 1 aromatic rings. The number of carbonyl (C=O) groups excluding carboxylic acids is 3. The monoisotopic (exact) mass is 1620 g/mol. The van der Waals surface area contributed by atoms with E-state index in [1.165, 1.54) is 141 Å². The highest BCUT2D eigenvalue weighted by Crippen LogP contribution is 2.72. The summed E-state index contributed by atoms with van der Waals surface area (Å²) in [5.41, 5.74) is 6.46. The Morgan fingerprint density at radius 2 is 0.923 bits per heavy atom. The first-order chi connectivity index (χ1) is 55.5. The second kappa shape index (κ2) is 39.8. The van der Waals surface area contributed by atoms with E-state index in [-0.39, 0.29) is 42.0 Å². The Bertz CT molecular complexity index is 3510. The molecule has 31 atom stereocenters. The Hall–Kier alpha value is -4.21. The lowest BCUT2D eigenvalue weighted by molar-refractivity contribution is -0.133. The number of carbonyl (C=O) groups is 3. The summed E-state index contributed by atoms with van der Waals surface area (Å²) < 4.78 is 34.4. The summed E-state index contributed by atoms with van der Waals surface area (Å²) in [7, 11) is 0. The SMILES string of the molecule is CCC(C)OC(=O)Nc1cccc(OC2CCC3(C)C(=CCC4C3CCC3(C)C(C(C)C=CC(C)C(C)C)CCC43)C2)c1.CCC(C)OC(=O)OC1CCC2(C)C(=CCC3C2CCC2(C)C(C(C)C=CC(CC)C(C)C)CCC32)C1.CCC(C)OC(=O)OC1CCC2(C)C(CCC3C2CCC2(C)C(C(C)CCC(CC)C(C)C)CCC32)C1. The number of ether oxygens (including phenoxy) is 6. The van der Waals surface area contributed by atoms with Crippen LogP contribution in [0.5, 0.6) is 5.75 Å². The van der Waals surface area contributed by atoms with Gasteiger partial charge in [-0.05, 0) is 375 Å². The Kier molecular flexibility index (Phi) is 31.8. The average molecular weight is 1620 g/mol. The molecule has 117 heavy (non-hydrogen) atoms. The Morgan fingerprint density at radius 1 is 0.444 bits per heavy atom. The van der Waals surface area contributed by atoms with Gasteiger partial charge >= 0.3 is 18.4 Å². The van der Waals surface area contributed by atoms with Gasteiger partial charge in [0.25, 0.3) is 0 Å². The zero-order valence-electron chi connectivity index (χ0n) is 79.2. The van der Waals surface area contributed by atoms with E-state index in [0.717, 1.165) is 165 Å². The predicted octanol–water partition coefficient (Wildman–Crippen LogP) is 30.7. The summed E-state index contributed by atoms with van der Waals surface area (Å²) >= 11 is 0. The van der Waals surface area contributed by atoms with E-state index in [2.05, 4.69) is 166 Å². The molecule has 10 fully saturated rings. The molecule has 0 spiro atoms. The van der Waals surface area contributed by atoms with Crippen LogP contribution in [0.15, 0.2) is 71.9 Å². The van der Waals surface area contributed by atoms with Crippen LogP contribution in [0.25, 0.3) is 0 Å². The predicted molar refractivity (Wildman–Crippen MR) is 485 cm³/mol. The molecule has 10 nitrogen and oxygen atoms in total. The second-order valence-electron chi connectivity index (χ2n) is 44.7. The highest BCUT2D eigenvalue weighted by molar-refractivity contribution is 5.85. The first-order valence-electron chi connectivity index (χ1n) is 49.7. The molecule has 1 aromatic carbocycles. The van der Waals surface area contributed by atoms with E-state index >= 15 is 0 Å². The zero-order valence-corrected chi connectivity index (χ0v) is 79.2. The Balaban J connectivity index is 0.000000173. The molecule has 0 aromatic heterocycles. The molecule has 0 radical (unpaired) electrons. The number of hydrogen-bond donors (Lipinski definition) is 1. The summed E-state index contributed by atoms with van der Waals surface area (Å²) in [4.78, 5) is 36.8. The van der Waals surface area contributed by atoms with Gasteiger partial charge in [0.1, 0.15) is 42.4 Å². The topological polar surface area (TPSA) is 119 Å². The van der Waals surface area contributed by atoms with Crippen molar-refractivity contribution in [1.82, 2.24) is 0 Å². The van der Waals surface area contributed by atoms with E-state index in [0.29, 0.717) is 68.3 Å². The minimum atomic E-state index is -0.482. The van der Waals surface area contributed by atoms with Crippen LogP contribution in [0, 0.1) is 163 Å². The number of nitrogens with one attached hydrogen (secondary N) is 1. The largest absolute Gasteiger partial charge is 0.508 e. The highest BCUT2D eigenvalue weighted by Gasteiger charge is 2.64. The summed E-state index contributed by atoms with van der Waals surface area (Å²) in [5.74, 6) is 18.5. The summed E-state index contributed by atoms with van der Waals surface area (Å²) in [6.45, 7) is 56.6. The molecule has 10 heteroatoms.